The highest BCUT2D eigenvalue weighted by molar-refractivity contribution is 6.02. The minimum atomic E-state index is -1.03. The second kappa shape index (κ2) is 11.1. The predicted molar refractivity (Wildman–Crippen MR) is 151 cm³/mol. The van der Waals surface area contributed by atoms with Crippen LogP contribution in [0, 0.1) is 13.8 Å². The molecule has 39 heavy (non-hydrogen) atoms. The SMILES string of the molecule is COc1cc(OC)cc(C(C(=O)NC(C)(C)C)N(C(=O)Cn2nnc3ccccc32)c2cccc(C)c2C)c1. The molecule has 0 radical (unpaired) electrons. The number of ether oxygens (including phenoxy) is 2. The summed E-state index contributed by atoms with van der Waals surface area (Å²) in [5, 5.41) is 11.5. The summed E-state index contributed by atoms with van der Waals surface area (Å²) in [6.45, 7) is 9.51. The molecule has 9 heteroatoms. The van der Waals surface area contributed by atoms with Gasteiger partial charge in [0.1, 0.15) is 29.6 Å². The van der Waals surface area contributed by atoms with Gasteiger partial charge in [0, 0.05) is 17.3 Å². The molecule has 2 amide bonds. The second-order valence-corrected chi connectivity index (χ2v) is 10.5. The summed E-state index contributed by atoms with van der Waals surface area (Å²) in [6, 6.07) is 17.4. The van der Waals surface area contributed by atoms with Gasteiger partial charge in [-0.15, -0.1) is 5.10 Å². The zero-order valence-corrected chi connectivity index (χ0v) is 23.5. The molecule has 0 aliphatic heterocycles. The average molecular weight is 530 g/mol. The van der Waals surface area contributed by atoms with E-state index in [4.69, 9.17) is 9.47 Å². The maximum atomic E-state index is 14.3. The number of nitrogens with zero attached hydrogens (tertiary/aromatic N) is 4. The first-order chi connectivity index (χ1) is 18.5. The van der Waals surface area contributed by atoms with Crippen LogP contribution in [0.25, 0.3) is 11.0 Å². The first-order valence-electron chi connectivity index (χ1n) is 12.7. The molecule has 0 saturated carbocycles. The standard InChI is InChI=1S/C30H35N5O4/c1-19-11-10-14-25(20(19)2)35(27(36)18-34-26-13-9-8-12-24(26)32-33-34)28(29(37)31-30(3,4)5)21-15-22(38-6)17-23(16-21)39-7/h8-17,28H,18H2,1-7H3,(H,31,37). The molecule has 0 aliphatic rings. The van der Waals surface area contributed by atoms with Gasteiger partial charge < -0.3 is 14.8 Å². The van der Waals surface area contributed by atoms with Crippen molar-refractivity contribution in [3.63, 3.8) is 0 Å². The lowest BCUT2D eigenvalue weighted by atomic mass is 9.98. The number of rotatable bonds is 8. The van der Waals surface area contributed by atoms with Gasteiger partial charge in [-0.3, -0.25) is 14.5 Å². The van der Waals surface area contributed by atoms with Crippen molar-refractivity contribution in [2.24, 2.45) is 0 Å². The van der Waals surface area contributed by atoms with E-state index in [1.807, 2.05) is 77.1 Å². The van der Waals surface area contributed by atoms with Crippen molar-refractivity contribution in [3.05, 3.63) is 77.4 Å². The average Bonchev–Trinajstić information content (AvgIpc) is 3.30. The van der Waals surface area contributed by atoms with Crippen LogP contribution in [0.4, 0.5) is 5.69 Å². The smallest absolute Gasteiger partial charge is 0.249 e. The van der Waals surface area contributed by atoms with Gasteiger partial charge in [0.2, 0.25) is 11.8 Å². The molecular formula is C30H35N5O4. The van der Waals surface area contributed by atoms with E-state index in [9.17, 15) is 9.59 Å². The lowest BCUT2D eigenvalue weighted by Gasteiger charge is -2.35. The summed E-state index contributed by atoms with van der Waals surface area (Å²) in [5.41, 5.74) is 3.92. The molecular weight excluding hydrogens is 494 g/mol. The van der Waals surface area contributed by atoms with E-state index in [0.717, 1.165) is 16.6 Å². The molecule has 1 heterocycles. The number of aromatic nitrogens is 3. The fraction of sp³-hybridized carbons (Fsp3) is 0.333. The summed E-state index contributed by atoms with van der Waals surface area (Å²) in [6.07, 6.45) is 0. The van der Waals surface area contributed by atoms with Crippen LogP contribution in [0.2, 0.25) is 0 Å². The van der Waals surface area contributed by atoms with Crippen molar-refractivity contribution in [2.45, 2.75) is 52.7 Å². The Morgan fingerprint density at radius 3 is 2.28 bits per heavy atom. The van der Waals surface area contributed by atoms with Crippen LogP contribution in [-0.2, 0) is 16.1 Å². The Balaban J connectivity index is 1.92. The van der Waals surface area contributed by atoms with Crippen LogP contribution < -0.4 is 19.7 Å². The summed E-state index contributed by atoms with van der Waals surface area (Å²) in [7, 11) is 3.10. The van der Waals surface area contributed by atoms with Gasteiger partial charge in [-0.25, -0.2) is 4.68 Å². The first kappa shape index (κ1) is 27.6. The molecule has 0 saturated heterocycles. The maximum absolute atomic E-state index is 14.3. The van der Waals surface area contributed by atoms with Crippen molar-refractivity contribution >= 4 is 28.5 Å². The Bertz CT molecular complexity index is 1480. The molecule has 0 spiro atoms. The highest BCUT2D eigenvalue weighted by atomic mass is 16.5. The predicted octanol–water partition coefficient (Wildman–Crippen LogP) is 4.75. The molecule has 204 valence electrons. The third kappa shape index (κ3) is 6.03. The molecule has 3 aromatic carbocycles. The number of para-hydroxylation sites is 1. The summed E-state index contributed by atoms with van der Waals surface area (Å²) >= 11 is 0. The van der Waals surface area contributed by atoms with Crippen LogP contribution in [0.5, 0.6) is 11.5 Å². The van der Waals surface area contributed by atoms with Gasteiger partial charge in [-0.1, -0.05) is 29.5 Å². The number of benzene rings is 3. The number of fused-ring (bicyclic) bond motifs is 1. The number of carbonyl (C=O) groups excluding carboxylic acids is 2. The molecule has 0 fully saturated rings. The Hall–Kier alpha value is -4.40. The topological polar surface area (TPSA) is 98.6 Å². The third-order valence-corrected chi connectivity index (χ3v) is 6.50. The van der Waals surface area contributed by atoms with Crippen LogP contribution in [-0.4, -0.2) is 46.6 Å². The van der Waals surface area contributed by atoms with Gasteiger partial charge in [0.15, 0.2) is 0 Å². The highest BCUT2D eigenvalue weighted by Gasteiger charge is 2.36. The zero-order chi connectivity index (χ0) is 28.3. The summed E-state index contributed by atoms with van der Waals surface area (Å²) in [4.78, 5) is 29.9. The van der Waals surface area contributed by atoms with Crippen molar-refractivity contribution in [2.75, 3.05) is 19.1 Å². The summed E-state index contributed by atoms with van der Waals surface area (Å²) < 4.78 is 12.6. The van der Waals surface area contributed by atoms with E-state index in [0.29, 0.717) is 28.3 Å². The van der Waals surface area contributed by atoms with E-state index in [1.54, 1.807) is 42.0 Å². The molecule has 1 unspecified atom stereocenters. The number of methoxy groups -OCH3 is 2. The van der Waals surface area contributed by atoms with Crippen molar-refractivity contribution < 1.29 is 19.1 Å². The second-order valence-electron chi connectivity index (χ2n) is 10.5. The molecule has 4 aromatic rings. The Morgan fingerprint density at radius 1 is 0.974 bits per heavy atom. The van der Waals surface area contributed by atoms with Crippen LogP contribution >= 0.6 is 0 Å². The molecule has 1 atom stereocenters. The summed E-state index contributed by atoms with van der Waals surface area (Å²) in [5.74, 6) is 0.354. The minimum Gasteiger partial charge on any atom is -0.497 e. The van der Waals surface area contributed by atoms with Crippen LogP contribution in [0.3, 0.4) is 0 Å². The zero-order valence-electron chi connectivity index (χ0n) is 23.5. The molecule has 0 aliphatic carbocycles. The lowest BCUT2D eigenvalue weighted by Crippen LogP contribution is -2.50. The number of aryl methyl sites for hydroxylation is 1. The normalized spacial score (nSPS) is 12.2. The molecule has 0 bridgehead atoms. The van der Waals surface area contributed by atoms with Crippen LogP contribution in [0.15, 0.2) is 60.7 Å². The van der Waals surface area contributed by atoms with E-state index in [2.05, 4.69) is 15.6 Å². The van der Waals surface area contributed by atoms with E-state index in [-0.39, 0.29) is 18.4 Å². The monoisotopic (exact) mass is 529 g/mol. The first-order valence-corrected chi connectivity index (χ1v) is 12.7. The quantitative estimate of drug-likeness (QED) is 0.354. The lowest BCUT2D eigenvalue weighted by molar-refractivity contribution is -0.128. The Kier molecular flexibility index (Phi) is 7.90. The van der Waals surface area contributed by atoms with E-state index >= 15 is 0 Å². The third-order valence-electron chi connectivity index (χ3n) is 6.50. The van der Waals surface area contributed by atoms with E-state index in [1.165, 1.54) is 0 Å². The Morgan fingerprint density at radius 2 is 1.64 bits per heavy atom. The molecule has 1 aromatic heterocycles. The van der Waals surface area contributed by atoms with Gasteiger partial charge in [0.05, 0.1) is 19.7 Å². The van der Waals surface area contributed by atoms with Crippen molar-refractivity contribution in [3.8, 4) is 11.5 Å². The molecule has 1 N–H and O–H groups in total. The molecule has 9 nitrogen and oxygen atoms in total. The fourth-order valence-corrected chi connectivity index (χ4v) is 4.50. The highest BCUT2D eigenvalue weighted by Crippen LogP contribution is 2.36. The Labute approximate surface area is 228 Å². The number of hydrogen-bond donors (Lipinski definition) is 1. The number of nitrogens with one attached hydrogen (secondary N) is 1. The van der Waals surface area contributed by atoms with Gasteiger partial charge in [0.25, 0.3) is 0 Å². The van der Waals surface area contributed by atoms with Crippen molar-refractivity contribution in [1.82, 2.24) is 20.3 Å². The van der Waals surface area contributed by atoms with Gasteiger partial charge >= 0.3 is 0 Å². The minimum absolute atomic E-state index is 0.117. The van der Waals surface area contributed by atoms with Gasteiger partial charge in [-0.2, -0.15) is 0 Å². The van der Waals surface area contributed by atoms with E-state index < -0.39 is 11.6 Å². The molecule has 4 rings (SSSR count). The number of amides is 2. The largest absolute Gasteiger partial charge is 0.497 e. The maximum Gasteiger partial charge on any atom is 0.249 e. The number of anilines is 1. The number of carbonyl (C=O) groups is 2. The van der Waals surface area contributed by atoms with Gasteiger partial charge in [-0.05, 0) is 81.6 Å². The fourth-order valence-electron chi connectivity index (χ4n) is 4.50. The van der Waals surface area contributed by atoms with Crippen LogP contribution in [0.1, 0.15) is 43.5 Å². The van der Waals surface area contributed by atoms with Crippen molar-refractivity contribution in [1.29, 1.82) is 0 Å². The number of hydrogen-bond acceptors (Lipinski definition) is 6.